The summed E-state index contributed by atoms with van der Waals surface area (Å²) in [6.07, 6.45) is 4.61. The Morgan fingerprint density at radius 3 is 2.59 bits per heavy atom. The van der Waals surface area contributed by atoms with E-state index in [1.165, 1.54) is 11.8 Å². The first kappa shape index (κ1) is 24.8. The summed E-state index contributed by atoms with van der Waals surface area (Å²) in [4.78, 5) is 23.5. The van der Waals surface area contributed by atoms with Gasteiger partial charge in [-0.15, -0.1) is 0 Å². The SMILES string of the molecule is COc1ccc(-c2cnc(SCC(=O)NCC3CCN(Cc4ccc(Cl)c(Cl)c4)C3)nc2)cc1. The summed E-state index contributed by atoms with van der Waals surface area (Å²) in [5.41, 5.74) is 3.08. The predicted molar refractivity (Wildman–Crippen MR) is 138 cm³/mol. The minimum absolute atomic E-state index is 0.00392. The summed E-state index contributed by atoms with van der Waals surface area (Å²) in [5.74, 6) is 1.54. The van der Waals surface area contributed by atoms with Gasteiger partial charge in [0, 0.05) is 37.6 Å². The van der Waals surface area contributed by atoms with Crippen LogP contribution < -0.4 is 10.1 Å². The average molecular weight is 517 g/mol. The second-order valence-electron chi connectivity index (χ2n) is 8.21. The van der Waals surface area contributed by atoms with Gasteiger partial charge < -0.3 is 10.1 Å². The lowest BCUT2D eigenvalue weighted by molar-refractivity contribution is -0.118. The molecule has 1 amide bonds. The van der Waals surface area contributed by atoms with Crippen LogP contribution in [0.25, 0.3) is 11.1 Å². The first-order chi connectivity index (χ1) is 16.5. The van der Waals surface area contributed by atoms with Crippen molar-refractivity contribution in [2.24, 2.45) is 5.92 Å². The van der Waals surface area contributed by atoms with Crippen molar-refractivity contribution < 1.29 is 9.53 Å². The molecule has 1 aliphatic rings. The third-order valence-electron chi connectivity index (χ3n) is 5.73. The van der Waals surface area contributed by atoms with Crippen molar-refractivity contribution in [3.05, 3.63) is 70.5 Å². The van der Waals surface area contributed by atoms with Crippen LogP contribution in [0.15, 0.2) is 60.0 Å². The fourth-order valence-electron chi connectivity index (χ4n) is 3.88. The van der Waals surface area contributed by atoms with Gasteiger partial charge in [0.05, 0.1) is 22.9 Å². The van der Waals surface area contributed by atoms with E-state index in [-0.39, 0.29) is 5.91 Å². The lowest BCUT2D eigenvalue weighted by atomic mass is 10.1. The normalized spacial score (nSPS) is 15.9. The number of carbonyl (C=O) groups is 1. The highest BCUT2D eigenvalue weighted by atomic mass is 35.5. The van der Waals surface area contributed by atoms with E-state index in [1.807, 2.05) is 42.5 Å². The van der Waals surface area contributed by atoms with E-state index < -0.39 is 0 Å². The molecule has 1 saturated heterocycles. The van der Waals surface area contributed by atoms with Gasteiger partial charge in [-0.1, -0.05) is 53.2 Å². The Hall–Kier alpha value is -2.32. The summed E-state index contributed by atoms with van der Waals surface area (Å²) in [5, 5.41) is 4.79. The first-order valence-electron chi connectivity index (χ1n) is 11.0. The molecule has 6 nitrogen and oxygen atoms in total. The van der Waals surface area contributed by atoms with E-state index in [2.05, 4.69) is 20.2 Å². The fourth-order valence-corrected chi connectivity index (χ4v) is 4.82. The van der Waals surface area contributed by atoms with E-state index in [0.29, 0.717) is 33.4 Å². The fraction of sp³-hybridized carbons (Fsp3) is 0.320. The quantitative estimate of drug-likeness (QED) is 0.311. The van der Waals surface area contributed by atoms with Crippen LogP contribution in [0.4, 0.5) is 0 Å². The molecule has 4 rings (SSSR count). The van der Waals surface area contributed by atoms with Crippen molar-refractivity contribution in [2.45, 2.75) is 18.1 Å². The van der Waals surface area contributed by atoms with Crippen LogP contribution in [0, 0.1) is 5.92 Å². The van der Waals surface area contributed by atoms with Crippen molar-refractivity contribution in [2.75, 3.05) is 32.5 Å². The number of thioether (sulfide) groups is 1. The van der Waals surface area contributed by atoms with Gasteiger partial charge in [-0.05, 0) is 54.3 Å². The van der Waals surface area contributed by atoms with Gasteiger partial charge in [0.25, 0.3) is 0 Å². The summed E-state index contributed by atoms with van der Waals surface area (Å²) in [7, 11) is 1.64. The Morgan fingerprint density at radius 2 is 1.88 bits per heavy atom. The number of aromatic nitrogens is 2. The highest BCUT2D eigenvalue weighted by Gasteiger charge is 2.23. The third-order valence-corrected chi connectivity index (χ3v) is 7.35. The second kappa shape index (κ2) is 11.9. The van der Waals surface area contributed by atoms with Gasteiger partial charge in [0.1, 0.15) is 5.75 Å². The number of amides is 1. The monoisotopic (exact) mass is 516 g/mol. The molecule has 2 heterocycles. The van der Waals surface area contributed by atoms with E-state index in [4.69, 9.17) is 27.9 Å². The van der Waals surface area contributed by atoms with Crippen molar-refractivity contribution in [3.8, 4) is 16.9 Å². The Balaban J connectivity index is 1.17. The molecule has 1 fully saturated rings. The van der Waals surface area contributed by atoms with Crippen LogP contribution in [-0.2, 0) is 11.3 Å². The number of likely N-dealkylation sites (tertiary alicyclic amines) is 1. The van der Waals surface area contributed by atoms with Gasteiger partial charge in [-0.2, -0.15) is 0 Å². The van der Waals surface area contributed by atoms with Crippen LogP contribution in [0.3, 0.4) is 0 Å². The number of ether oxygens (including phenoxy) is 1. The van der Waals surface area contributed by atoms with Gasteiger partial charge in [0.2, 0.25) is 5.91 Å². The maximum atomic E-state index is 12.3. The van der Waals surface area contributed by atoms with Gasteiger partial charge >= 0.3 is 0 Å². The van der Waals surface area contributed by atoms with Crippen LogP contribution >= 0.6 is 35.0 Å². The highest BCUT2D eigenvalue weighted by molar-refractivity contribution is 7.99. The van der Waals surface area contributed by atoms with E-state index in [9.17, 15) is 4.79 Å². The number of nitrogens with zero attached hydrogens (tertiary/aromatic N) is 3. The zero-order chi connectivity index (χ0) is 23.9. The summed E-state index contributed by atoms with van der Waals surface area (Å²) in [6, 6.07) is 13.5. The van der Waals surface area contributed by atoms with Crippen molar-refractivity contribution in [1.82, 2.24) is 20.2 Å². The summed E-state index contributed by atoms with van der Waals surface area (Å²) >= 11 is 13.5. The number of carbonyl (C=O) groups excluding carboxylic acids is 1. The number of nitrogens with one attached hydrogen (secondary N) is 1. The van der Waals surface area contributed by atoms with E-state index in [1.54, 1.807) is 19.5 Å². The molecule has 1 aliphatic heterocycles. The highest BCUT2D eigenvalue weighted by Crippen LogP contribution is 2.25. The van der Waals surface area contributed by atoms with Gasteiger partial charge in [0.15, 0.2) is 5.16 Å². The summed E-state index contributed by atoms with van der Waals surface area (Å²) < 4.78 is 5.18. The molecule has 9 heteroatoms. The molecular weight excluding hydrogens is 491 g/mol. The Kier molecular flexibility index (Phi) is 8.67. The molecule has 0 spiro atoms. The molecule has 34 heavy (non-hydrogen) atoms. The lowest BCUT2D eigenvalue weighted by Gasteiger charge is -2.17. The number of hydrogen-bond acceptors (Lipinski definition) is 6. The van der Waals surface area contributed by atoms with Gasteiger partial charge in [-0.25, -0.2) is 9.97 Å². The first-order valence-corrected chi connectivity index (χ1v) is 12.8. The largest absolute Gasteiger partial charge is 0.497 e. The molecule has 1 unspecified atom stereocenters. The Labute approximate surface area is 214 Å². The van der Waals surface area contributed by atoms with Crippen molar-refractivity contribution in [3.63, 3.8) is 0 Å². The molecular formula is C25H26Cl2N4O2S. The van der Waals surface area contributed by atoms with Crippen LogP contribution in [-0.4, -0.2) is 53.3 Å². The molecule has 0 aliphatic carbocycles. The number of rotatable bonds is 9. The molecule has 0 radical (unpaired) electrons. The molecule has 1 aromatic heterocycles. The lowest BCUT2D eigenvalue weighted by Crippen LogP contribution is -2.32. The Bertz CT molecular complexity index is 1110. The third kappa shape index (κ3) is 6.85. The minimum Gasteiger partial charge on any atom is -0.497 e. The molecule has 178 valence electrons. The van der Waals surface area contributed by atoms with E-state index in [0.717, 1.165) is 48.5 Å². The minimum atomic E-state index is -0.00392. The average Bonchev–Trinajstić information content (AvgIpc) is 3.31. The van der Waals surface area contributed by atoms with Crippen molar-refractivity contribution in [1.29, 1.82) is 0 Å². The number of methoxy groups -OCH3 is 1. The second-order valence-corrected chi connectivity index (χ2v) is 9.97. The standard InChI is InChI=1S/C25H26Cl2N4O2S/c1-33-21-5-3-19(4-6-21)20-12-29-25(30-13-20)34-16-24(32)28-11-18-8-9-31(15-18)14-17-2-7-22(26)23(27)10-17/h2-7,10,12-13,18H,8-9,11,14-16H2,1H3,(H,28,32). The topological polar surface area (TPSA) is 67.3 Å². The Morgan fingerprint density at radius 1 is 1.12 bits per heavy atom. The van der Waals surface area contributed by atoms with Gasteiger partial charge in [-0.3, -0.25) is 9.69 Å². The zero-order valence-corrected chi connectivity index (χ0v) is 21.2. The maximum absolute atomic E-state index is 12.3. The van der Waals surface area contributed by atoms with Crippen molar-refractivity contribution >= 4 is 40.9 Å². The molecule has 3 aromatic rings. The molecule has 0 bridgehead atoms. The zero-order valence-electron chi connectivity index (χ0n) is 18.8. The maximum Gasteiger partial charge on any atom is 0.230 e. The smallest absolute Gasteiger partial charge is 0.230 e. The molecule has 1 N–H and O–H groups in total. The van der Waals surface area contributed by atoms with Crippen LogP contribution in [0.1, 0.15) is 12.0 Å². The molecule has 2 aromatic carbocycles. The number of benzene rings is 2. The van der Waals surface area contributed by atoms with E-state index >= 15 is 0 Å². The van der Waals surface area contributed by atoms with Crippen LogP contribution in [0.5, 0.6) is 5.75 Å². The number of halogens is 2. The predicted octanol–water partition coefficient (Wildman–Crippen LogP) is 5.19. The molecule has 0 saturated carbocycles. The van der Waals surface area contributed by atoms with Crippen LogP contribution in [0.2, 0.25) is 10.0 Å². The summed E-state index contributed by atoms with van der Waals surface area (Å²) in [6.45, 7) is 3.46. The molecule has 1 atom stereocenters. The number of hydrogen-bond donors (Lipinski definition) is 1.